The second-order valence-electron chi connectivity index (χ2n) is 4.47. The highest BCUT2D eigenvalue weighted by atomic mass is 16.5. The van der Waals surface area contributed by atoms with Crippen LogP contribution >= 0.6 is 0 Å². The normalized spacial score (nSPS) is 10.6. The van der Waals surface area contributed by atoms with Gasteiger partial charge in [0.15, 0.2) is 0 Å². The van der Waals surface area contributed by atoms with E-state index in [-0.39, 0.29) is 18.4 Å². The van der Waals surface area contributed by atoms with Gasteiger partial charge in [-0.3, -0.25) is 9.59 Å². The molecule has 0 unspecified atom stereocenters. The molecule has 2 amide bonds. The zero-order valence-electron chi connectivity index (χ0n) is 11.8. The molecule has 0 atom stereocenters. The lowest BCUT2D eigenvalue weighted by Gasteiger charge is -2.06. The molecule has 0 radical (unpaired) electrons. The molecule has 2 N–H and O–H groups in total. The molecule has 0 aromatic heterocycles. The molecule has 0 saturated heterocycles. The van der Waals surface area contributed by atoms with Crippen LogP contribution in [0.1, 0.15) is 25.8 Å². The topological polar surface area (TPSA) is 79.8 Å². The minimum Gasteiger partial charge on any atom is -0.497 e. The molecular formula is C14H19N3O3. The number of benzene rings is 1. The quantitative estimate of drug-likeness (QED) is 0.463. The van der Waals surface area contributed by atoms with Crippen molar-refractivity contribution in [1.82, 2.24) is 10.7 Å². The van der Waals surface area contributed by atoms with Crippen molar-refractivity contribution in [1.29, 1.82) is 0 Å². The van der Waals surface area contributed by atoms with Crippen molar-refractivity contribution < 1.29 is 14.3 Å². The Balaban J connectivity index is 2.43. The van der Waals surface area contributed by atoms with Crippen LogP contribution in [-0.2, 0) is 9.59 Å². The standard InChI is InChI=1S/C14H19N3O3/c1-10(2)16-13(18)8-14(19)17-15-9-11-5-4-6-12(7-11)20-3/h4-7,9-10H,8H2,1-3H3,(H,16,18)(H,17,19)/b15-9+. The van der Waals surface area contributed by atoms with Crippen LogP contribution in [0.15, 0.2) is 29.4 Å². The number of carbonyl (C=O) groups excluding carboxylic acids is 2. The Bertz CT molecular complexity index is 498. The maximum atomic E-state index is 11.4. The molecule has 0 aliphatic rings. The number of nitrogens with one attached hydrogen (secondary N) is 2. The van der Waals surface area contributed by atoms with Crippen LogP contribution in [-0.4, -0.2) is 31.2 Å². The second-order valence-corrected chi connectivity index (χ2v) is 4.47. The van der Waals surface area contributed by atoms with Crippen molar-refractivity contribution in [3.8, 4) is 5.75 Å². The second kappa shape index (κ2) is 7.93. The van der Waals surface area contributed by atoms with Crippen molar-refractivity contribution in [2.45, 2.75) is 26.3 Å². The first-order valence-corrected chi connectivity index (χ1v) is 6.26. The molecule has 0 spiro atoms. The van der Waals surface area contributed by atoms with E-state index in [0.717, 1.165) is 5.56 Å². The Morgan fingerprint density at radius 1 is 1.35 bits per heavy atom. The van der Waals surface area contributed by atoms with Gasteiger partial charge in [-0.2, -0.15) is 5.10 Å². The summed E-state index contributed by atoms with van der Waals surface area (Å²) in [6.45, 7) is 3.66. The molecule has 0 bridgehead atoms. The molecule has 6 heteroatoms. The van der Waals surface area contributed by atoms with Gasteiger partial charge < -0.3 is 10.1 Å². The van der Waals surface area contributed by atoms with Crippen molar-refractivity contribution in [2.75, 3.05) is 7.11 Å². The van der Waals surface area contributed by atoms with E-state index in [1.54, 1.807) is 13.2 Å². The highest BCUT2D eigenvalue weighted by Crippen LogP contribution is 2.10. The minimum absolute atomic E-state index is 0.00980. The Morgan fingerprint density at radius 3 is 2.75 bits per heavy atom. The van der Waals surface area contributed by atoms with Gasteiger partial charge in [-0.1, -0.05) is 12.1 Å². The van der Waals surface area contributed by atoms with Gasteiger partial charge >= 0.3 is 0 Å². The Morgan fingerprint density at radius 2 is 2.10 bits per heavy atom. The lowest BCUT2D eigenvalue weighted by Crippen LogP contribution is -2.34. The van der Waals surface area contributed by atoms with Crippen LogP contribution < -0.4 is 15.5 Å². The molecule has 0 fully saturated rings. The van der Waals surface area contributed by atoms with Gasteiger partial charge in [0.05, 0.1) is 13.3 Å². The smallest absolute Gasteiger partial charge is 0.249 e. The molecular weight excluding hydrogens is 258 g/mol. The number of amides is 2. The van der Waals surface area contributed by atoms with Gasteiger partial charge in [0.1, 0.15) is 12.2 Å². The fraction of sp³-hybridized carbons (Fsp3) is 0.357. The van der Waals surface area contributed by atoms with Crippen LogP contribution in [0.2, 0.25) is 0 Å². The van der Waals surface area contributed by atoms with E-state index in [9.17, 15) is 9.59 Å². The third-order valence-corrected chi connectivity index (χ3v) is 2.27. The zero-order chi connectivity index (χ0) is 15.0. The summed E-state index contributed by atoms with van der Waals surface area (Å²) in [5.41, 5.74) is 3.09. The lowest BCUT2D eigenvalue weighted by atomic mass is 10.2. The summed E-state index contributed by atoms with van der Waals surface area (Å²) in [5, 5.41) is 6.42. The maximum absolute atomic E-state index is 11.4. The summed E-state index contributed by atoms with van der Waals surface area (Å²) in [7, 11) is 1.57. The van der Waals surface area contributed by atoms with Crippen LogP contribution in [0.4, 0.5) is 0 Å². The SMILES string of the molecule is COc1cccc(/C=N/NC(=O)CC(=O)NC(C)C)c1. The molecule has 1 rings (SSSR count). The van der Waals surface area contributed by atoms with E-state index in [4.69, 9.17) is 4.74 Å². The van der Waals surface area contributed by atoms with E-state index >= 15 is 0 Å². The number of ether oxygens (including phenoxy) is 1. The third-order valence-electron chi connectivity index (χ3n) is 2.27. The van der Waals surface area contributed by atoms with Gasteiger partial charge in [-0.25, -0.2) is 5.43 Å². The van der Waals surface area contributed by atoms with Gasteiger partial charge in [-0.05, 0) is 31.5 Å². The van der Waals surface area contributed by atoms with E-state index in [2.05, 4.69) is 15.8 Å². The van der Waals surface area contributed by atoms with E-state index in [0.29, 0.717) is 5.75 Å². The zero-order valence-corrected chi connectivity index (χ0v) is 11.8. The summed E-state index contributed by atoms with van der Waals surface area (Å²) in [4.78, 5) is 22.8. The van der Waals surface area contributed by atoms with Gasteiger partial charge in [-0.15, -0.1) is 0 Å². The van der Waals surface area contributed by atoms with Crippen LogP contribution in [0.3, 0.4) is 0 Å². The summed E-state index contributed by atoms with van der Waals surface area (Å²) in [6.07, 6.45) is 1.24. The van der Waals surface area contributed by atoms with Gasteiger partial charge in [0.2, 0.25) is 11.8 Å². The molecule has 0 aliphatic heterocycles. The van der Waals surface area contributed by atoms with E-state index in [1.807, 2.05) is 32.0 Å². The number of methoxy groups -OCH3 is 1. The summed E-state index contributed by atoms with van der Waals surface area (Å²) in [5.74, 6) is -0.0760. The molecule has 0 aliphatic carbocycles. The third kappa shape index (κ3) is 5.99. The molecule has 6 nitrogen and oxygen atoms in total. The average molecular weight is 277 g/mol. The molecule has 108 valence electrons. The molecule has 1 aromatic rings. The minimum atomic E-state index is -0.456. The fourth-order valence-electron chi connectivity index (χ4n) is 1.46. The molecule has 0 heterocycles. The molecule has 0 saturated carbocycles. The Labute approximate surface area is 118 Å². The predicted octanol–water partition coefficient (Wildman–Crippen LogP) is 1.06. The number of hydrogen-bond acceptors (Lipinski definition) is 4. The molecule has 20 heavy (non-hydrogen) atoms. The van der Waals surface area contributed by atoms with Crippen LogP contribution in [0.5, 0.6) is 5.75 Å². The summed E-state index contributed by atoms with van der Waals surface area (Å²) < 4.78 is 5.07. The predicted molar refractivity (Wildman–Crippen MR) is 76.6 cm³/mol. The van der Waals surface area contributed by atoms with Crippen molar-refractivity contribution in [3.63, 3.8) is 0 Å². The van der Waals surface area contributed by atoms with Gasteiger partial charge in [0.25, 0.3) is 0 Å². The van der Waals surface area contributed by atoms with Crippen LogP contribution in [0, 0.1) is 0 Å². The summed E-state index contributed by atoms with van der Waals surface area (Å²) >= 11 is 0. The first-order valence-electron chi connectivity index (χ1n) is 6.26. The maximum Gasteiger partial charge on any atom is 0.249 e. The first kappa shape index (κ1) is 15.7. The van der Waals surface area contributed by atoms with Crippen LogP contribution in [0.25, 0.3) is 0 Å². The highest BCUT2D eigenvalue weighted by Gasteiger charge is 2.08. The highest BCUT2D eigenvalue weighted by molar-refractivity contribution is 5.97. The lowest BCUT2D eigenvalue weighted by molar-refractivity contribution is -0.129. The van der Waals surface area contributed by atoms with Gasteiger partial charge in [0, 0.05) is 6.04 Å². The van der Waals surface area contributed by atoms with E-state index < -0.39 is 5.91 Å². The number of carbonyl (C=O) groups is 2. The number of hydrogen-bond donors (Lipinski definition) is 2. The average Bonchev–Trinajstić information content (AvgIpc) is 2.37. The summed E-state index contributed by atoms with van der Waals surface area (Å²) in [6, 6.07) is 7.24. The van der Waals surface area contributed by atoms with Crippen molar-refractivity contribution in [3.05, 3.63) is 29.8 Å². The monoisotopic (exact) mass is 277 g/mol. The Hall–Kier alpha value is -2.37. The van der Waals surface area contributed by atoms with E-state index in [1.165, 1.54) is 6.21 Å². The van der Waals surface area contributed by atoms with Crippen molar-refractivity contribution >= 4 is 18.0 Å². The molecule has 1 aromatic carbocycles. The largest absolute Gasteiger partial charge is 0.497 e. The number of rotatable bonds is 6. The number of hydrazone groups is 1. The first-order chi connectivity index (χ1) is 9.51. The number of nitrogens with zero attached hydrogens (tertiary/aromatic N) is 1. The van der Waals surface area contributed by atoms with Crippen molar-refractivity contribution in [2.24, 2.45) is 5.10 Å². The Kier molecular flexibility index (Phi) is 6.22. The fourth-order valence-corrected chi connectivity index (χ4v) is 1.46.